The number of benzene rings is 1. The topological polar surface area (TPSA) is 20.3 Å². The summed E-state index contributed by atoms with van der Waals surface area (Å²) in [5.74, 6) is -2.28. The molecule has 110 valence electrons. The summed E-state index contributed by atoms with van der Waals surface area (Å²) in [6.07, 6.45) is -3.44. The van der Waals surface area contributed by atoms with Crippen LogP contribution in [0.4, 0.5) is 17.6 Å². The summed E-state index contributed by atoms with van der Waals surface area (Å²) in [5, 5.41) is -0.249. The molecule has 1 atom stereocenters. The van der Waals surface area contributed by atoms with Crippen LogP contribution >= 0.6 is 11.6 Å². The Morgan fingerprint density at radius 3 is 2.65 bits per heavy atom. The first kappa shape index (κ1) is 15.1. The number of alkyl halides is 4. The van der Waals surface area contributed by atoms with Gasteiger partial charge in [0, 0.05) is 13.1 Å². The summed E-state index contributed by atoms with van der Waals surface area (Å²) in [6, 6.07) is 2.71. The zero-order valence-corrected chi connectivity index (χ0v) is 11.1. The molecule has 1 aromatic rings. The summed E-state index contributed by atoms with van der Waals surface area (Å²) in [7, 11) is 0. The average molecular weight is 310 g/mol. The van der Waals surface area contributed by atoms with E-state index in [0.29, 0.717) is 19.0 Å². The van der Waals surface area contributed by atoms with Crippen LogP contribution in [0.3, 0.4) is 0 Å². The molecule has 1 aliphatic rings. The standard InChI is InChI=1S/C13H12ClF4NO/c14-8-3-2-6-19(7-8)12(20)9-4-1-5-10(11(9)15)13(16,17)18/h1,4-5,8H,2-3,6-7H2. The molecule has 1 fully saturated rings. The van der Waals surface area contributed by atoms with Crippen molar-refractivity contribution < 1.29 is 22.4 Å². The number of carbonyl (C=O) groups excluding carboxylic acids is 1. The molecule has 2 nitrogen and oxygen atoms in total. The fraction of sp³-hybridized carbons (Fsp3) is 0.462. The average Bonchev–Trinajstić information content (AvgIpc) is 2.37. The van der Waals surface area contributed by atoms with Gasteiger partial charge in [0.25, 0.3) is 5.91 Å². The highest BCUT2D eigenvalue weighted by Crippen LogP contribution is 2.33. The van der Waals surface area contributed by atoms with Gasteiger partial charge < -0.3 is 4.90 Å². The van der Waals surface area contributed by atoms with E-state index in [2.05, 4.69) is 0 Å². The summed E-state index contributed by atoms with van der Waals surface area (Å²) < 4.78 is 51.7. The molecular weight excluding hydrogens is 298 g/mol. The second-order valence-corrected chi connectivity index (χ2v) is 5.27. The molecule has 0 aliphatic carbocycles. The lowest BCUT2D eigenvalue weighted by Crippen LogP contribution is -2.40. The lowest BCUT2D eigenvalue weighted by molar-refractivity contribution is -0.140. The molecule has 1 unspecified atom stereocenters. The first-order valence-electron chi connectivity index (χ1n) is 6.09. The molecule has 2 rings (SSSR count). The van der Waals surface area contributed by atoms with E-state index < -0.39 is 29.0 Å². The van der Waals surface area contributed by atoms with Crippen molar-refractivity contribution in [2.45, 2.75) is 24.4 Å². The minimum Gasteiger partial charge on any atom is -0.337 e. The molecule has 1 amide bonds. The summed E-state index contributed by atoms with van der Waals surface area (Å²) in [6.45, 7) is 0.591. The summed E-state index contributed by atoms with van der Waals surface area (Å²) in [4.78, 5) is 13.4. The molecule has 20 heavy (non-hydrogen) atoms. The minimum absolute atomic E-state index is 0.218. The molecule has 1 heterocycles. The number of halogens is 5. The van der Waals surface area contributed by atoms with Crippen LogP contribution in [-0.2, 0) is 6.18 Å². The number of nitrogens with zero attached hydrogens (tertiary/aromatic N) is 1. The van der Waals surface area contributed by atoms with E-state index in [1.807, 2.05) is 0 Å². The molecule has 0 spiro atoms. The first-order valence-corrected chi connectivity index (χ1v) is 6.53. The third kappa shape index (κ3) is 3.06. The SMILES string of the molecule is O=C(c1cccc(C(F)(F)F)c1F)N1CCCC(Cl)C1. The molecule has 0 saturated carbocycles. The van der Waals surface area contributed by atoms with Crippen LogP contribution in [0.1, 0.15) is 28.8 Å². The van der Waals surface area contributed by atoms with Gasteiger partial charge in [-0.2, -0.15) is 13.2 Å². The van der Waals surface area contributed by atoms with Crippen LogP contribution < -0.4 is 0 Å². The van der Waals surface area contributed by atoms with Crippen LogP contribution in [0.5, 0.6) is 0 Å². The molecule has 1 aliphatic heterocycles. The Morgan fingerprint density at radius 2 is 2.05 bits per heavy atom. The van der Waals surface area contributed by atoms with E-state index in [0.717, 1.165) is 18.6 Å². The fourth-order valence-corrected chi connectivity index (χ4v) is 2.52. The highest BCUT2D eigenvalue weighted by Gasteiger charge is 2.36. The van der Waals surface area contributed by atoms with Gasteiger partial charge in [0.15, 0.2) is 0 Å². The molecule has 0 N–H and O–H groups in total. The number of amides is 1. The number of rotatable bonds is 1. The van der Waals surface area contributed by atoms with Gasteiger partial charge in [0.1, 0.15) is 5.82 Å². The second kappa shape index (κ2) is 5.60. The zero-order chi connectivity index (χ0) is 14.9. The van der Waals surface area contributed by atoms with Crippen molar-refractivity contribution in [3.63, 3.8) is 0 Å². The van der Waals surface area contributed by atoms with Gasteiger partial charge in [-0.15, -0.1) is 11.6 Å². The smallest absolute Gasteiger partial charge is 0.337 e. The van der Waals surface area contributed by atoms with E-state index in [-0.39, 0.29) is 11.9 Å². The van der Waals surface area contributed by atoms with Gasteiger partial charge in [-0.05, 0) is 25.0 Å². The number of likely N-dealkylation sites (tertiary alicyclic amines) is 1. The van der Waals surface area contributed by atoms with Gasteiger partial charge >= 0.3 is 6.18 Å². The van der Waals surface area contributed by atoms with Crippen LogP contribution in [0.25, 0.3) is 0 Å². The van der Waals surface area contributed by atoms with E-state index in [9.17, 15) is 22.4 Å². The highest BCUT2D eigenvalue weighted by molar-refractivity contribution is 6.21. The molecule has 1 saturated heterocycles. The monoisotopic (exact) mass is 309 g/mol. The Bertz CT molecular complexity index is 518. The van der Waals surface area contributed by atoms with Gasteiger partial charge in [0.2, 0.25) is 0 Å². The maximum Gasteiger partial charge on any atom is 0.419 e. The Balaban J connectivity index is 2.31. The molecule has 0 radical (unpaired) electrons. The van der Waals surface area contributed by atoms with Crippen molar-refractivity contribution in [2.75, 3.05) is 13.1 Å². The van der Waals surface area contributed by atoms with E-state index in [1.54, 1.807) is 0 Å². The van der Waals surface area contributed by atoms with Crippen molar-refractivity contribution in [1.82, 2.24) is 4.90 Å². The van der Waals surface area contributed by atoms with Gasteiger partial charge in [0.05, 0.1) is 16.5 Å². The Morgan fingerprint density at radius 1 is 1.35 bits per heavy atom. The van der Waals surface area contributed by atoms with Crippen molar-refractivity contribution >= 4 is 17.5 Å². The first-order chi connectivity index (χ1) is 9.30. The van der Waals surface area contributed by atoms with Crippen molar-refractivity contribution in [1.29, 1.82) is 0 Å². The Kier molecular flexibility index (Phi) is 4.22. The largest absolute Gasteiger partial charge is 0.419 e. The number of carbonyl (C=O) groups is 1. The van der Waals surface area contributed by atoms with Crippen LogP contribution in [-0.4, -0.2) is 29.3 Å². The predicted molar refractivity (Wildman–Crippen MR) is 66.2 cm³/mol. The van der Waals surface area contributed by atoms with Crippen LogP contribution in [0, 0.1) is 5.82 Å². The zero-order valence-electron chi connectivity index (χ0n) is 10.4. The van der Waals surface area contributed by atoms with Crippen molar-refractivity contribution in [3.05, 3.63) is 35.1 Å². The van der Waals surface area contributed by atoms with Crippen LogP contribution in [0.2, 0.25) is 0 Å². The number of piperidine rings is 1. The maximum atomic E-state index is 13.9. The maximum absolute atomic E-state index is 13.9. The van der Waals surface area contributed by atoms with Gasteiger partial charge in [-0.3, -0.25) is 4.79 Å². The van der Waals surface area contributed by atoms with Crippen molar-refractivity contribution in [3.8, 4) is 0 Å². The Labute approximate surface area is 118 Å². The molecular formula is C13H12ClF4NO. The number of hydrogen-bond acceptors (Lipinski definition) is 1. The van der Waals surface area contributed by atoms with E-state index in [4.69, 9.17) is 11.6 Å². The normalized spacial score (nSPS) is 20.1. The minimum atomic E-state index is -4.82. The lowest BCUT2D eigenvalue weighted by atomic mass is 10.1. The van der Waals surface area contributed by atoms with E-state index in [1.165, 1.54) is 4.90 Å². The molecule has 1 aromatic carbocycles. The third-order valence-electron chi connectivity index (χ3n) is 3.19. The third-order valence-corrected chi connectivity index (χ3v) is 3.54. The van der Waals surface area contributed by atoms with E-state index >= 15 is 0 Å². The molecule has 0 aromatic heterocycles. The number of hydrogen-bond donors (Lipinski definition) is 0. The van der Waals surface area contributed by atoms with Crippen molar-refractivity contribution in [2.24, 2.45) is 0 Å². The lowest BCUT2D eigenvalue weighted by Gasteiger charge is -2.30. The summed E-state index contributed by atoms with van der Waals surface area (Å²) >= 11 is 5.92. The van der Waals surface area contributed by atoms with Crippen LogP contribution in [0.15, 0.2) is 18.2 Å². The molecule has 7 heteroatoms. The Hall–Kier alpha value is -1.30. The van der Waals surface area contributed by atoms with Gasteiger partial charge in [-0.25, -0.2) is 4.39 Å². The second-order valence-electron chi connectivity index (χ2n) is 4.66. The summed E-state index contributed by atoms with van der Waals surface area (Å²) in [5.41, 5.74) is -1.99. The highest BCUT2D eigenvalue weighted by atomic mass is 35.5. The quantitative estimate of drug-likeness (QED) is 0.572. The fourth-order valence-electron chi connectivity index (χ4n) is 2.20. The predicted octanol–water partition coefficient (Wildman–Crippen LogP) is 3.69. The van der Waals surface area contributed by atoms with Gasteiger partial charge in [-0.1, -0.05) is 6.07 Å². The molecule has 0 bridgehead atoms.